The van der Waals surface area contributed by atoms with Crippen LogP contribution in [0, 0.1) is 0 Å². The minimum atomic E-state index is -3.64. The molecule has 8 aromatic carbocycles. The molecule has 1 aliphatic rings. The summed E-state index contributed by atoms with van der Waals surface area (Å²) in [6.45, 7) is 0. The van der Waals surface area contributed by atoms with Gasteiger partial charge in [0.25, 0.3) is 0 Å². The third kappa shape index (κ3) is 4.72. The maximum absolute atomic E-state index is 5.68. The van der Waals surface area contributed by atoms with Crippen LogP contribution in [0.25, 0.3) is 81.4 Å². The Morgan fingerprint density at radius 1 is 0.456 bits per heavy atom. The van der Waals surface area contributed by atoms with Crippen molar-refractivity contribution in [2.45, 2.75) is 0 Å². The number of aromatic nitrogens is 3. The molecule has 0 N–H and O–H groups in total. The number of thiophene rings is 1. The average Bonchev–Trinajstić information content (AvgIpc) is 3.93. The van der Waals surface area contributed by atoms with E-state index in [0.29, 0.717) is 0 Å². The van der Waals surface area contributed by atoms with E-state index >= 15 is 0 Å². The molecule has 0 saturated heterocycles. The Kier molecular flexibility index (Phi) is 7.28. The summed E-state index contributed by atoms with van der Waals surface area (Å²) in [7, 11) is 0. The molecule has 12 rings (SSSR count). The zero-order valence-electron chi connectivity index (χ0n) is 30.8. The standard InChI is InChI=1S/C52H33GeN3S/c1-4-16-35(17-5-1)52-54-49(48-41-23-10-13-25-43(41)53(51(48)55-52,36-18-6-2-7-19-36)37-20-8-3-9-21-37)34-28-30-38(31-29-34)56-44-26-14-11-22-39(44)40-32-33-46-47(50(40)56)42-24-12-15-27-45(42)57-46/h1-33H. The fourth-order valence-electron chi connectivity index (χ4n) is 9.50. The van der Waals surface area contributed by atoms with Gasteiger partial charge in [-0.3, -0.25) is 0 Å². The van der Waals surface area contributed by atoms with E-state index in [1.807, 2.05) is 11.3 Å². The number of nitrogens with zero attached hydrogens (tertiary/aromatic N) is 3. The first kappa shape index (κ1) is 32.6. The van der Waals surface area contributed by atoms with Crippen LogP contribution in [0.15, 0.2) is 200 Å². The molecule has 0 radical (unpaired) electrons. The Morgan fingerprint density at radius 2 is 1.09 bits per heavy atom. The molecule has 3 aromatic heterocycles. The van der Waals surface area contributed by atoms with E-state index in [-0.39, 0.29) is 0 Å². The normalized spacial score (nSPS) is 13.1. The first-order chi connectivity index (χ1) is 28.3. The van der Waals surface area contributed by atoms with Crippen LogP contribution in [0.2, 0.25) is 0 Å². The molecular formula is C52H33GeN3S. The van der Waals surface area contributed by atoms with E-state index in [9.17, 15) is 0 Å². The van der Waals surface area contributed by atoms with Gasteiger partial charge in [0.15, 0.2) is 0 Å². The molecule has 0 aliphatic carbocycles. The summed E-state index contributed by atoms with van der Waals surface area (Å²) in [5.74, 6) is 0.761. The van der Waals surface area contributed by atoms with Crippen LogP contribution in [0.5, 0.6) is 0 Å². The Bertz CT molecular complexity index is 3300. The van der Waals surface area contributed by atoms with Gasteiger partial charge < -0.3 is 0 Å². The van der Waals surface area contributed by atoms with Crippen LogP contribution >= 0.6 is 11.3 Å². The SMILES string of the molecule is c1ccc(-c2nc(-c3ccc(-n4c5ccccc5c5ccc6sc7ccccc7c6c54)cc3)c3[c](n2)[Ge]([c]2ccccc2)([c]2ccccc2)[c]2ccccc2-3)cc1. The molecule has 0 fully saturated rings. The van der Waals surface area contributed by atoms with Crippen molar-refractivity contribution in [2.75, 3.05) is 0 Å². The summed E-state index contributed by atoms with van der Waals surface area (Å²) in [6.07, 6.45) is 0. The first-order valence-electron chi connectivity index (χ1n) is 19.4. The molecule has 0 unspecified atom stereocenters. The van der Waals surface area contributed by atoms with Gasteiger partial charge in [0.05, 0.1) is 0 Å². The Morgan fingerprint density at radius 3 is 1.84 bits per heavy atom. The van der Waals surface area contributed by atoms with Crippen molar-refractivity contribution in [2.24, 2.45) is 0 Å². The summed E-state index contributed by atoms with van der Waals surface area (Å²) in [4.78, 5) is 11.2. The van der Waals surface area contributed by atoms with Gasteiger partial charge in [-0.2, -0.15) is 0 Å². The quantitative estimate of drug-likeness (QED) is 0.162. The molecule has 0 spiro atoms. The number of hydrogen-bond donors (Lipinski definition) is 0. The van der Waals surface area contributed by atoms with E-state index in [1.165, 1.54) is 65.3 Å². The molecule has 4 heterocycles. The van der Waals surface area contributed by atoms with Crippen molar-refractivity contribution in [1.82, 2.24) is 14.5 Å². The molecule has 0 atom stereocenters. The van der Waals surface area contributed by atoms with Gasteiger partial charge in [-0.1, -0.05) is 12.1 Å². The molecule has 1 aliphatic heterocycles. The fraction of sp³-hybridized carbons (Fsp3) is 0. The van der Waals surface area contributed by atoms with E-state index in [1.54, 1.807) is 0 Å². The zero-order valence-corrected chi connectivity index (χ0v) is 33.7. The molecule has 0 saturated carbocycles. The first-order valence-corrected chi connectivity index (χ1v) is 24.4. The van der Waals surface area contributed by atoms with Crippen molar-refractivity contribution in [3.05, 3.63) is 200 Å². The monoisotopic (exact) mass is 805 g/mol. The predicted molar refractivity (Wildman–Crippen MR) is 243 cm³/mol. The van der Waals surface area contributed by atoms with Crippen molar-refractivity contribution in [3.63, 3.8) is 0 Å². The molecular weight excluding hydrogens is 771 g/mol. The third-order valence-electron chi connectivity index (χ3n) is 11.9. The summed E-state index contributed by atoms with van der Waals surface area (Å²) in [6, 6.07) is 73.2. The van der Waals surface area contributed by atoms with Crippen molar-refractivity contribution in [1.29, 1.82) is 0 Å². The second kappa shape index (κ2) is 12.7. The third-order valence-corrected chi connectivity index (χ3v) is 22.9. The van der Waals surface area contributed by atoms with Gasteiger partial charge in [-0.25, -0.2) is 0 Å². The topological polar surface area (TPSA) is 30.7 Å². The molecule has 3 nitrogen and oxygen atoms in total. The van der Waals surface area contributed by atoms with Gasteiger partial charge in [0, 0.05) is 0 Å². The average molecular weight is 805 g/mol. The van der Waals surface area contributed by atoms with Crippen LogP contribution in [0.4, 0.5) is 0 Å². The van der Waals surface area contributed by atoms with Crippen LogP contribution in [0.3, 0.4) is 0 Å². The molecule has 266 valence electrons. The zero-order chi connectivity index (χ0) is 37.5. The molecule has 5 heteroatoms. The summed E-state index contributed by atoms with van der Waals surface area (Å²) in [5.41, 5.74) is 9.07. The van der Waals surface area contributed by atoms with Crippen LogP contribution < -0.4 is 17.7 Å². The minimum absolute atomic E-state index is 0.761. The van der Waals surface area contributed by atoms with Gasteiger partial charge in [0.2, 0.25) is 0 Å². The van der Waals surface area contributed by atoms with Crippen LogP contribution in [-0.4, -0.2) is 27.8 Å². The summed E-state index contributed by atoms with van der Waals surface area (Å²) < 4.78 is 10.4. The second-order valence-electron chi connectivity index (χ2n) is 14.8. The van der Waals surface area contributed by atoms with Gasteiger partial charge in [0.1, 0.15) is 0 Å². The van der Waals surface area contributed by atoms with E-state index in [4.69, 9.17) is 9.97 Å². The number of rotatable bonds is 5. The maximum atomic E-state index is 5.68. The number of benzene rings is 8. The van der Waals surface area contributed by atoms with Gasteiger partial charge in [-0.15, -0.1) is 0 Å². The van der Waals surface area contributed by atoms with Crippen molar-refractivity contribution in [3.8, 4) is 39.5 Å². The number of para-hydroxylation sites is 1. The van der Waals surface area contributed by atoms with E-state index in [0.717, 1.165) is 33.9 Å². The van der Waals surface area contributed by atoms with Crippen molar-refractivity contribution < 1.29 is 0 Å². The van der Waals surface area contributed by atoms with E-state index in [2.05, 4.69) is 205 Å². The van der Waals surface area contributed by atoms with Gasteiger partial charge >= 0.3 is 320 Å². The summed E-state index contributed by atoms with van der Waals surface area (Å²) in [5, 5.41) is 5.15. The van der Waals surface area contributed by atoms with Crippen LogP contribution in [0.1, 0.15) is 0 Å². The fourth-order valence-corrected chi connectivity index (χ4v) is 21.1. The number of hydrogen-bond acceptors (Lipinski definition) is 3. The predicted octanol–water partition coefficient (Wildman–Crippen LogP) is 10.6. The molecule has 11 aromatic rings. The van der Waals surface area contributed by atoms with Crippen molar-refractivity contribution >= 4 is 84.3 Å². The Hall–Kier alpha value is -6.60. The molecule has 0 amide bonds. The molecule has 0 bridgehead atoms. The second-order valence-corrected chi connectivity index (χ2v) is 23.6. The van der Waals surface area contributed by atoms with Gasteiger partial charge in [-0.05, 0) is 6.07 Å². The Labute approximate surface area is 336 Å². The number of fused-ring (bicyclic) bond motifs is 10. The molecule has 57 heavy (non-hydrogen) atoms. The Balaban J connectivity index is 1.14. The van der Waals surface area contributed by atoms with E-state index < -0.39 is 13.3 Å². The summed E-state index contributed by atoms with van der Waals surface area (Å²) >= 11 is -1.77. The van der Waals surface area contributed by atoms with Crippen LogP contribution in [-0.2, 0) is 0 Å².